The summed E-state index contributed by atoms with van der Waals surface area (Å²) in [6.45, 7) is 8.83. The van der Waals surface area contributed by atoms with E-state index in [0.29, 0.717) is 0 Å². The van der Waals surface area contributed by atoms with Gasteiger partial charge in [0.25, 0.3) is 0 Å². The summed E-state index contributed by atoms with van der Waals surface area (Å²) in [4.78, 5) is 4.54. The van der Waals surface area contributed by atoms with Crippen LogP contribution in [-0.2, 0) is 0 Å². The first-order valence-electron chi connectivity index (χ1n) is 10.5. The minimum absolute atomic E-state index is 0.767. The lowest BCUT2D eigenvalue weighted by Gasteiger charge is -2.24. The van der Waals surface area contributed by atoms with Gasteiger partial charge in [-0.25, -0.2) is 0 Å². The average molecular weight is 385 g/mol. The molecule has 26 heavy (non-hydrogen) atoms. The van der Waals surface area contributed by atoms with E-state index >= 15 is 0 Å². The first-order valence-corrected chi connectivity index (χ1v) is 12.2. The predicted molar refractivity (Wildman–Crippen MR) is 119 cm³/mol. The van der Waals surface area contributed by atoms with E-state index in [9.17, 15) is 0 Å². The van der Waals surface area contributed by atoms with Gasteiger partial charge in [0.15, 0.2) is 0 Å². The predicted octanol–water partition coefficient (Wildman–Crippen LogP) is 8.83. The van der Waals surface area contributed by atoms with E-state index < -0.39 is 0 Å². The normalized spacial score (nSPS) is 19.8. The molecular weight excluding hydrogens is 352 g/mol. The van der Waals surface area contributed by atoms with E-state index in [1.165, 1.54) is 74.6 Å². The molecule has 2 saturated carbocycles. The molecule has 0 aliphatic heterocycles. The molecule has 0 amide bonds. The van der Waals surface area contributed by atoms with Crippen molar-refractivity contribution in [2.45, 2.75) is 89.9 Å². The summed E-state index contributed by atoms with van der Waals surface area (Å²) in [5.74, 6) is 1.58. The highest BCUT2D eigenvalue weighted by Crippen LogP contribution is 2.49. The Bertz CT molecular complexity index is 764. The molecule has 0 saturated heterocycles. The summed E-state index contributed by atoms with van der Waals surface area (Å²) in [5, 5.41) is 2.49. The number of hydrogen-bond donors (Lipinski definition) is 0. The average Bonchev–Trinajstić information content (AvgIpc) is 3.22. The summed E-state index contributed by atoms with van der Waals surface area (Å²) in [5.41, 5.74) is 6.42. The molecule has 0 nitrogen and oxygen atoms in total. The summed E-state index contributed by atoms with van der Waals surface area (Å²) < 4.78 is 0. The van der Waals surface area contributed by atoms with Crippen molar-refractivity contribution in [1.29, 1.82) is 0 Å². The van der Waals surface area contributed by atoms with Crippen LogP contribution in [0.15, 0.2) is 12.0 Å². The van der Waals surface area contributed by atoms with Gasteiger partial charge in [-0.3, -0.25) is 0 Å². The van der Waals surface area contributed by atoms with Crippen molar-refractivity contribution < 1.29 is 0 Å². The smallest absolute Gasteiger partial charge is 0.0489 e. The highest BCUT2D eigenvalue weighted by molar-refractivity contribution is 7.22. The zero-order valence-corrected chi connectivity index (χ0v) is 18.0. The molecule has 2 heterocycles. The van der Waals surface area contributed by atoms with Crippen LogP contribution >= 0.6 is 22.7 Å². The van der Waals surface area contributed by atoms with Crippen LogP contribution in [0.5, 0.6) is 0 Å². The molecule has 4 rings (SSSR count). The Morgan fingerprint density at radius 2 is 1.46 bits per heavy atom. The quantitative estimate of drug-likeness (QED) is 0.494. The van der Waals surface area contributed by atoms with Crippen LogP contribution in [0.25, 0.3) is 15.8 Å². The topological polar surface area (TPSA) is 0 Å². The van der Waals surface area contributed by atoms with Crippen molar-refractivity contribution in [2.75, 3.05) is 0 Å². The third-order valence-corrected chi connectivity index (χ3v) is 9.33. The van der Waals surface area contributed by atoms with Crippen molar-refractivity contribution in [3.05, 3.63) is 39.1 Å². The third kappa shape index (κ3) is 3.36. The largest absolute Gasteiger partial charge is 0.142 e. The highest BCUT2D eigenvalue weighted by Gasteiger charge is 2.27. The van der Waals surface area contributed by atoms with Crippen LogP contribution in [0, 0.1) is 13.8 Å². The standard InChI is InChI=1S/C24H32S2/c1-4-21-17(3)22(19-13-9-6-10-14-19)24(26-21)23-16(2)20(15-25-23)18-11-7-5-8-12-18/h4,15,18-19H,1,5-14H2,2-3H3. The first kappa shape index (κ1) is 18.5. The number of thiophene rings is 2. The lowest BCUT2D eigenvalue weighted by Crippen LogP contribution is -2.06. The zero-order valence-electron chi connectivity index (χ0n) is 16.4. The molecule has 2 aliphatic rings. The second-order valence-corrected chi connectivity index (χ2v) is 10.3. The Kier molecular flexibility index (Phi) is 5.71. The van der Waals surface area contributed by atoms with Gasteiger partial charge in [0.2, 0.25) is 0 Å². The summed E-state index contributed by atoms with van der Waals surface area (Å²) in [6, 6.07) is 0. The van der Waals surface area contributed by atoms with Gasteiger partial charge in [-0.1, -0.05) is 51.2 Å². The second kappa shape index (κ2) is 8.02. The first-order chi connectivity index (χ1) is 12.7. The third-order valence-electron chi connectivity index (χ3n) is 6.76. The fourth-order valence-electron chi connectivity index (χ4n) is 5.26. The minimum Gasteiger partial charge on any atom is -0.142 e. The van der Waals surface area contributed by atoms with E-state index in [-0.39, 0.29) is 0 Å². The van der Waals surface area contributed by atoms with E-state index in [4.69, 9.17) is 0 Å². The van der Waals surface area contributed by atoms with Gasteiger partial charge in [0, 0.05) is 14.6 Å². The van der Waals surface area contributed by atoms with E-state index in [2.05, 4.69) is 31.9 Å². The highest BCUT2D eigenvalue weighted by atomic mass is 32.1. The second-order valence-electron chi connectivity index (χ2n) is 8.35. The van der Waals surface area contributed by atoms with Gasteiger partial charge in [0.05, 0.1) is 0 Å². The van der Waals surface area contributed by atoms with Crippen molar-refractivity contribution in [1.82, 2.24) is 0 Å². The van der Waals surface area contributed by atoms with E-state index in [1.807, 2.05) is 22.7 Å². The van der Waals surface area contributed by atoms with E-state index in [1.54, 1.807) is 26.4 Å². The Morgan fingerprint density at radius 1 is 0.846 bits per heavy atom. The Balaban J connectivity index is 1.75. The molecule has 0 N–H and O–H groups in total. The van der Waals surface area contributed by atoms with Gasteiger partial charge in [-0.05, 0) is 79.0 Å². The van der Waals surface area contributed by atoms with Crippen LogP contribution in [0.3, 0.4) is 0 Å². The van der Waals surface area contributed by atoms with Gasteiger partial charge < -0.3 is 0 Å². The van der Waals surface area contributed by atoms with Gasteiger partial charge >= 0.3 is 0 Å². The monoisotopic (exact) mass is 384 g/mol. The van der Waals surface area contributed by atoms with Crippen molar-refractivity contribution in [3.63, 3.8) is 0 Å². The Hall–Kier alpha value is -0.860. The maximum Gasteiger partial charge on any atom is 0.0489 e. The molecule has 2 aliphatic carbocycles. The molecule has 140 valence electrons. The van der Waals surface area contributed by atoms with Crippen molar-refractivity contribution >= 4 is 28.7 Å². The molecule has 0 bridgehead atoms. The van der Waals surface area contributed by atoms with Gasteiger partial charge in [0.1, 0.15) is 0 Å². The summed E-state index contributed by atoms with van der Waals surface area (Å²) in [7, 11) is 0. The Morgan fingerprint density at radius 3 is 2.08 bits per heavy atom. The number of rotatable bonds is 4. The van der Waals surface area contributed by atoms with Crippen LogP contribution < -0.4 is 0 Å². The molecule has 2 fully saturated rings. The van der Waals surface area contributed by atoms with E-state index in [0.717, 1.165) is 11.8 Å². The fourth-order valence-corrected chi connectivity index (χ4v) is 7.90. The maximum absolute atomic E-state index is 4.10. The van der Waals surface area contributed by atoms with Crippen LogP contribution in [-0.4, -0.2) is 0 Å². The number of hydrogen-bond acceptors (Lipinski definition) is 2. The Labute approximate surface area is 167 Å². The lowest BCUT2D eigenvalue weighted by molar-refractivity contribution is 0.443. The molecule has 2 aromatic heterocycles. The molecule has 0 radical (unpaired) electrons. The molecule has 0 unspecified atom stereocenters. The SMILES string of the molecule is C=Cc1sc(-c2scc(C3CCCCC3)c2C)c(C2CCCCC2)c1C. The lowest BCUT2D eigenvalue weighted by atomic mass is 9.81. The van der Waals surface area contributed by atoms with Crippen LogP contribution in [0.4, 0.5) is 0 Å². The maximum atomic E-state index is 4.10. The summed E-state index contributed by atoms with van der Waals surface area (Å²) in [6.07, 6.45) is 16.1. The van der Waals surface area contributed by atoms with Crippen molar-refractivity contribution in [2.24, 2.45) is 0 Å². The van der Waals surface area contributed by atoms with Crippen LogP contribution in [0.1, 0.15) is 103 Å². The molecule has 0 spiro atoms. The fraction of sp³-hybridized carbons (Fsp3) is 0.583. The molecule has 2 heteroatoms. The van der Waals surface area contributed by atoms with Gasteiger partial charge in [-0.15, -0.1) is 22.7 Å². The van der Waals surface area contributed by atoms with Gasteiger partial charge in [-0.2, -0.15) is 0 Å². The minimum atomic E-state index is 0.767. The molecular formula is C24H32S2. The van der Waals surface area contributed by atoms with Crippen LogP contribution in [0.2, 0.25) is 0 Å². The van der Waals surface area contributed by atoms with Crippen molar-refractivity contribution in [3.8, 4) is 9.75 Å². The molecule has 2 aromatic rings. The molecule has 0 aromatic carbocycles. The molecule has 0 atom stereocenters. The summed E-state index contributed by atoms with van der Waals surface area (Å²) >= 11 is 4.01. The zero-order chi connectivity index (χ0) is 18.1.